The van der Waals surface area contributed by atoms with E-state index in [1.54, 1.807) is 0 Å². The minimum atomic E-state index is -1.06. The van der Waals surface area contributed by atoms with Crippen LogP contribution in [0.1, 0.15) is 34.0 Å². The van der Waals surface area contributed by atoms with E-state index in [0.29, 0.717) is 5.69 Å². The number of aliphatic carboxylic acids is 1. The van der Waals surface area contributed by atoms with Crippen molar-refractivity contribution in [3.63, 3.8) is 0 Å². The van der Waals surface area contributed by atoms with Gasteiger partial charge in [-0.05, 0) is 29.2 Å². The molecule has 0 radical (unpaired) electrons. The average Bonchev–Trinajstić information content (AvgIpc) is 3.29. The highest BCUT2D eigenvalue weighted by Crippen LogP contribution is 2.44. The van der Waals surface area contributed by atoms with Gasteiger partial charge in [-0.25, -0.2) is 9.59 Å². The molecule has 0 bridgehead atoms. The number of carboxylic acids is 1. The Bertz CT molecular complexity index is 1110. The van der Waals surface area contributed by atoms with Gasteiger partial charge in [-0.2, -0.15) is 5.10 Å². The number of amides is 1. The van der Waals surface area contributed by atoms with Gasteiger partial charge in [-0.3, -0.25) is 10.00 Å². The third-order valence-electron chi connectivity index (χ3n) is 6.11. The number of aromatic amines is 1. The van der Waals surface area contributed by atoms with Gasteiger partial charge in [0.05, 0.1) is 12.2 Å². The number of aryl methyl sites for hydroxylation is 1. The van der Waals surface area contributed by atoms with Crippen molar-refractivity contribution in [2.45, 2.75) is 31.8 Å². The molecule has 1 atom stereocenters. The quantitative estimate of drug-likeness (QED) is 0.698. The van der Waals surface area contributed by atoms with Crippen molar-refractivity contribution in [2.75, 3.05) is 6.61 Å². The number of aromatic nitrogens is 2. The Morgan fingerprint density at radius 3 is 2.40 bits per heavy atom. The lowest BCUT2D eigenvalue weighted by Crippen LogP contribution is -2.49. The van der Waals surface area contributed by atoms with Gasteiger partial charge >= 0.3 is 12.1 Å². The maximum absolute atomic E-state index is 12.9. The number of fused-ring (bicyclic) bond motifs is 4. The summed E-state index contributed by atoms with van der Waals surface area (Å²) in [6.45, 7) is 2.20. The molecular weight excluding hydrogens is 382 g/mol. The fraction of sp³-hybridized carbons (Fsp3) is 0.261. The highest BCUT2D eigenvalue weighted by molar-refractivity contribution is 5.82. The summed E-state index contributed by atoms with van der Waals surface area (Å²) in [5, 5.41) is 16.7. The first-order valence-electron chi connectivity index (χ1n) is 9.91. The van der Waals surface area contributed by atoms with Crippen molar-refractivity contribution in [2.24, 2.45) is 0 Å². The molecule has 2 aromatic carbocycles. The molecule has 2 heterocycles. The summed E-state index contributed by atoms with van der Waals surface area (Å²) in [7, 11) is 0. The van der Waals surface area contributed by atoms with Gasteiger partial charge in [0.2, 0.25) is 0 Å². The number of benzene rings is 2. The van der Waals surface area contributed by atoms with E-state index in [2.05, 4.69) is 34.5 Å². The molecule has 0 fully saturated rings. The molecule has 1 unspecified atom stereocenters. The van der Waals surface area contributed by atoms with Crippen LogP contribution in [0.25, 0.3) is 11.1 Å². The zero-order valence-electron chi connectivity index (χ0n) is 16.5. The van der Waals surface area contributed by atoms with Gasteiger partial charge in [0.25, 0.3) is 0 Å². The number of hydrogen-bond donors (Lipinski definition) is 2. The summed E-state index contributed by atoms with van der Waals surface area (Å²) < 4.78 is 5.68. The standard InChI is InChI=1S/C23H21N3O4/c1-13-18-11-26(21(22(27)28)10-20(18)25-24-13)23(29)30-12-19-16-8-4-2-6-14(16)15-7-3-5-9-17(15)19/h2-9,19,21H,10-12H2,1H3,(H,24,25)(H,27,28). The van der Waals surface area contributed by atoms with E-state index in [-0.39, 0.29) is 25.5 Å². The lowest BCUT2D eigenvalue weighted by molar-refractivity contribution is -0.143. The molecule has 152 valence electrons. The van der Waals surface area contributed by atoms with Gasteiger partial charge in [0, 0.05) is 23.6 Å². The van der Waals surface area contributed by atoms with E-state index in [1.807, 2.05) is 31.2 Å². The highest BCUT2D eigenvalue weighted by atomic mass is 16.6. The van der Waals surface area contributed by atoms with Crippen LogP contribution in [0.5, 0.6) is 0 Å². The molecule has 7 heteroatoms. The summed E-state index contributed by atoms with van der Waals surface area (Å²) in [4.78, 5) is 26.0. The van der Waals surface area contributed by atoms with Crippen molar-refractivity contribution < 1.29 is 19.4 Å². The molecule has 1 aliphatic carbocycles. The number of rotatable bonds is 3. The molecule has 2 aliphatic rings. The van der Waals surface area contributed by atoms with Crippen LogP contribution in [0.3, 0.4) is 0 Å². The summed E-state index contributed by atoms with van der Waals surface area (Å²) >= 11 is 0. The number of carbonyl (C=O) groups excluding carboxylic acids is 1. The average molecular weight is 403 g/mol. The van der Waals surface area contributed by atoms with E-state index in [1.165, 1.54) is 4.90 Å². The molecule has 30 heavy (non-hydrogen) atoms. The second-order valence-electron chi connectivity index (χ2n) is 7.76. The van der Waals surface area contributed by atoms with Gasteiger partial charge in [0.15, 0.2) is 0 Å². The minimum Gasteiger partial charge on any atom is -0.480 e. The number of nitrogens with one attached hydrogen (secondary N) is 1. The van der Waals surface area contributed by atoms with Gasteiger partial charge in [-0.15, -0.1) is 0 Å². The summed E-state index contributed by atoms with van der Waals surface area (Å²) in [6.07, 6.45) is -0.449. The Hall–Kier alpha value is -3.61. The molecular formula is C23H21N3O4. The molecule has 1 aliphatic heterocycles. The maximum Gasteiger partial charge on any atom is 0.410 e. The fourth-order valence-electron chi connectivity index (χ4n) is 4.54. The predicted octanol–water partition coefficient (Wildman–Crippen LogP) is 3.48. The molecule has 1 aromatic heterocycles. The smallest absolute Gasteiger partial charge is 0.410 e. The van der Waals surface area contributed by atoms with Crippen molar-refractivity contribution in [1.82, 2.24) is 15.1 Å². The number of hydrogen-bond acceptors (Lipinski definition) is 4. The maximum atomic E-state index is 12.9. The van der Waals surface area contributed by atoms with Crippen LogP contribution in [0.2, 0.25) is 0 Å². The van der Waals surface area contributed by atoms with Gasteiger partial charge < -0.3 is 9.84 Å². The molecule has 1 amide bonds. The first-order chi connectivity index (χ1) is 14.5. The number of carboxylic acid groups (broad SMARTS) is 1. The van der Waals surface area contributed by atoms with Crippen LogP contribution in [-0.2, 0) is 22.5 Å². The molecule has 0 spiro atoms. The zero-order valence-corrected chi connectivity index (χ0v) is 16.5. The number of carbonyl (C=O) groups is 2. The summed E-state index contributed by atoms with van der Waals surface area (Å²) in [5.74, 6) is -1.13. The Morgan fingerprint density at radius 1 is 1.13 bits per heavy atom. The lowest BCUT2D eigenvalue weighted by Gasteiger charge is -2.32. The predicted molar refractivity (Wildman–Crippen MR) is 109 cm³/mol. The van der Waals surface area contributed by atoms with E-state index in [4.69, 9.17) is 4.74 Å². The van der Waals surface area contributed by atoms with Crippen molar-refractivity contribution in [1.29, 1.82) is 0 Å². The van der Waals surface area contributed by atoms with Gasteiger partial charge in [-0.1, -0.05) is 48.5 Å². The van der Waals surface area contributed by atoms with Crippen molar-refractivity contribution in [3.05, 3.63) is 76.6 Å². The van der Waals surface area contributed by atoms with Crippen LogP contribution < -0.4 is 0 Å². The third kappa shape index (κ3) is 2.85. The third-order valence-corrected chi connectivity index (χ3v) is 6.11. The van der Waals surface area contributed by atoms with Crippen LogP contribution >= 0.6 is 0 Å². The van der Waals surface area contributed by atoms with E-state index >= 15 is 0 Å². The largest absolute Gasteiger partial charge is 0.480 e. The zero-order chi connectivity index (χ0) is 20.8. The highest BCUT2D eigenvalue weighted by Gasteiger charge is 2.38. The molecule has 0 saturated carbocycles. The second-order valence-corrected chi connectivity index (χ2v) is 7.76. The number of nitrogens with zero attached hydrogens (tertiary/aromatic N) is 2. The minimum absolute atomic E-state index is 0.0689. The Kier molecular flexibility index (Phi) is 4.31. The molecule has 5 rings (SSSR count). The molecule has 3 aromatic rings. The molecule has 2 N–H and O–H groups in total. The number of H-pyrrole nitrogens is 1. The summed E-state index contributed by atoms with van der Waals surface area (Å²) in [6, 6.07) is 15.2. The normalized spacial score (nSPS) is 17.2. The summed E-state index contributed by atoms with van der Waals surface area (Å²) in [5.41, 5.74) is 6.93. The Morgan fingerprint density at radius 2 is 1.77 bits per heavy atom. The Labute approximate surface area is 173 Å². The first-order valence-corrected chi connectivity index (χ1v) is 9.91. The van der Waals surface area contributed by atoms with E-state index < -0.39 is 18.1 Å². The van der Waals surface area contributed by atoms with E-state index in [0.717, 1.165) is 33.5 Å². The lowest BCUT2D eigenvalue weighted by atomic mass is 9.98. The van der Waals surface area contributed by atoms with Crippen LogP contribution in [0.15, 0.2) is 48.5 Å². The monoisotopic (exact) mass is 403 g/mol. The number of ether oxygens (including phenoxy) is 1. The Balaban J connectivity index is 1.38. The van der Waals surface area contributed by atoms with Crippen molar-refractivity contribution >= 4 is 12.1 Å². The van der Waals surface area contributed by atoms with Crippen LogP contribution in [0.4, 0.5) is 4.79 Å². The fourth-order valence-corrected chi connectivity index (χ4v) is 4.54. The molecule has 7 nitrogen and oxygen atoms in total. The van der Waals surface area contributed by atoms with Crippen molar-refractivity contribution in [3.8, 4) is 11.1 Å². The SMILES string of the molecule is Cc1[nH]nc2c1CN(C(=O)OCC1c3ccccc3-c3ccccc31)C(C(=O)O)C2. The molecule has 0 saturated heterocycles. The van der Waals surface area contributed by atoms with Crippen LogP contribution in [0, 0.1) is 6.92 Å². The van der Waals surface area contributed by atoms with E-state index in [9.17, 15) is 14.7 Å². The second kappa shape index (κ2) is 7.02. The van der Waals surface area contributed by atoms with Crippen LogP contribution in [-0.4, -0.2) is 44.9 Å². The first kappa shape index (κ1) is 18.4. The van der Waals surface area contributed by atoms with Gasteiger partial charge in [0.1, 0.15) is 12.6 Å². The topological polar surface area (TPSA) is 95.5 Å².